The Kier molecular flexibility index (Phi) is 5.38. The van der Waals surface area contributed by atoms with Gasteiger partial charge in [0.1, 0.15) is 11.8 Å². The summed E-state index contributed by atoms with van der Waals surface area (Å²) in [5.41, 5.74) is 0.729. The molecule has 2 aromatic rings. The SMILES string of the molecule is O=C(OCc1ccc(Cl)nc1)c1ccc(OCC(F)(F)F)nc1. The van der Waals surface area contributed by atoms with Crippen molar-refractivity contribution in [1.29, 1.82) is 0 Å². The molecule has 2 aromatic heterocycles. The minimum Gasteiger partial charge on any atom is -0.468 e. The summed E-state index contributed by atoms with van der Waals surface area (Å²) in [6, 6.07) is 5.63. The van der Waals surface area contributed by atoms with Gasteiger partial charge in [-0.15, -0.1) is 0 Å². The molecule has 0 bridgehead atoms. The van der Waals surface area contributed by atoms with Crippen molar-refractivity contribution in [3.8, 4) is 5.88 Å². The highest BCUT2D eigenvalue weighted by atomic mass is 35.5. The maximum absolute atomic E-state index is 12.0. The average molecular weight is 347 g/mol. The predicted molar refractivity (Wildman–Crippen MR) is 74.2 cm³/mol. The van der Waals surface area contributed by atoms with Crippen LogP contribution in [0.1, 0.15) is 15.9 Å². The molecule has 0 unspecified atom stereocenters. The molecule has 0 aliphatic heterocycles. The van der Waals surface area contributed by atoms with E-state index in [0.29, 0.717) is 10.7 Å². The molecule has 9 heteroatoms. The molecule has 2 heterocycles. The molecule has 0 aliphatic carbocycles. The highest BCUT2D eigenvalue weighted by Crippen LogP contribution is 2.17. The first-order valence-electron chi connectivity index (χ1n) is 6.27. The van der Waals surface area contributed by atoms with Gasteiger partial charge in [-0.3, -0.25) is 0 Å². The van der Waals surface area contributed by atoms with E-state index in [2.05, 4.69) is 14.7 Å². The van der Waals surface area contributed by atoms with Gasteiger partial charge in [-0.1, -0.05) is 17.7 Å². The van der Waals surface area contributed by atoms with E-state index in [1.165, 1.54) is 12.3 Å². The third-order valence-electron chi connectivity index (χ3n) is 2.51. The number of hydrogen-bond acceptors (Lipinski definition) is 5. The van der Waals surface area contributed by atoms with E-state index in [9.17, 15) is 18.0 Å². The van der Waals surface area contributed by atoms with E-state index in [1.807, 2.05) is 0 Å². The molecule has 122 valence electrons. The molecule has 0 radical (unpaired) electrons. The standard InChI is InChI=1S/C14H10ClF3N2O3/c15-11-3-1-9(5-19-11)7-22-13(21)10-2-4-12(20-6-10)23-8-14(16,17)18/h1-6H,7-8H2. The second-order valence-electron chi connectivity index (χ2n) is 4.35. The van der Waals surface area contributed by atoms with Gasteiger partial charge in [-0.25, -0.2) is 14.8 Å². The van der Waals surface area contributed by atoms with Gasteiger partial charge < -0.3 is 9.47 Å². The van der Waals surface area contributed by atoms with Gasteiger partial charge in [-0.05, 0) is 12.1 Å². The molecule has 0 spiro atoms. The van der Waals surface area contributed by atoms with E-state index in [4.69, 9.17) is 16.3 Å². The molecule has 2 rings (SSSR count). The molecule has 0 aliphatic rings. The largest absolute Gasteiger partial charge is 0.468 e. The first-order chi connectivity index (χ1) is 10.8. The second-order valence-corrected chi connectivity index (χ2v) is 4.74. The van der Waals surface area contributed by atoms with Crippen molar-refractivity contribution in [2.24, 2.45) is 0 Å². The van der Waals surface area contributed by atoms with Crippen molar-refractivity contribution in [2.75, 3.05) is 6.61 Å². The van der Waals surface area contributed by atoms with Crippen molar-refractivity contribution >= 4 is 17.6 Å². The van der Waals surface area contributed by atoms with Crippen LogP contribution in [-0.4, -0.2) is 28.7 Å². The quantitative estimate of drug-likeness (QED) is 0.613. The summed E-state index contributed by atoms with van der Waals surface area (Å²) >= 11 is 5.63. The summed E-state index contributed by atoms with van der Waals surface area (Å²) in [6.45, 7) is -1.47. The monoisotopic (exact) mass is 346 g/mol. The zero-order valence-electron chi connectivity index (χ0n) is 11.5. The molecular formula is C14H10ClF3N2O3. The molecule has 23 heavy (non-hydrogen) atoms. The van der Waals surface area contributed by atoms with Crippen LogP contribution in [0, 0.1) is 0 Å². The van der Waals surface area contributed by atoms with Crippen LogP contribution in [-0.2, 0) is 11.3 Å². The van der Waals surface area contributed by atoms with Gasteiger partial charge in [0.25, 0.3) is 0 Å². The van der Waals surface area contributed by atoms with Gasteiger partial charge in [0, 0.05) is 24.0 Å². The van der Waals surface area contributed by atoms with Crippen molar-refractivity contribution in [1.82, 2.24) is 9.97 Å². The van der Waals surface area contributed by atoms with Gasteiger partial charge in [0.05, 0.1) is 5.56 Å². The average Bonchev–Trinajstić information content (AvgIpc) is 2.52. The van der Waals surface area contributed by atoms with Crippen molar-refractivity contribution < 1.29 is 27.4 Å². The number of carbonyl (C=O) groups is 1. The van der Waals surface area contributed by atoms with Gasteiger partial charge in [-0.2, -0.15) is 13.2 Å². The van der Waals surface area contributed by atoms with E-state index in [0.717, 1.165) is 12.3 Å². The third-order valence-corrected chi connectivity index (χ3v) is 2.74. The summed E-state index contributed by atoms with van der Waals surface area (Å²) in [6.07, 6.45) is -1.91. The van der Waals surface area contributed by atoms with Crippen molar-refractivity contribution in [3.05, 3.63) is 52.9 Å². The summed E-state index contributed by atoms with van der Waals surface area (Å²) in [7, 11) is 0. The molecule has 5 nitrogen and oxygen atoms in total. The molecule has 0 aromatic carbocycles. The number of pyridine rings is 2. The fourth-order valence-electron chi connectivity index (χ4n) is 1.47. The number of ether oxygens (including phenoxy) is 2. The number of rotatable bonds is 5. The molecule has 0 amide bonds. The summed E-state index contributed by atoms with van der Waals surface area (Å²) in [4.78, 5) is 19.2. The number of aromatic nitrogens is 2. The Morgan fingerprint density at radius 1 is 1.13 bits per heavy atom. The zero-order valence-corrected chi connectivity index (χ0v) is 12.3. The number of nitrogens with zero attached hydrogens (tertiary/aromatic N) is 2. The Labute approximate surface area is 134 Å². The minimum atomic E-state index is -4.45. The van der Waals surface area contributed by atoms with E-state index in [-0.39, 0.29) is 18.1 Å². The lowest BCUT2D eigenvalue weighted by Crippen LogP contribution is -2.19. The third kappa shape index (κ3) is 5.74. The Bertz CT molecular complexity index is 660. The first-order valence-corrected chi connectivity index (χ1v) is 6.64. The van der Waals surface area contributed by atoms with E-state index < -0.39 is 18.8 Å². The van der Waals surface area contributed by atoms with Crippen molar-refractivity contribution in [2.45, 2.75) is 12.8 Å². The highest BCUT2D eigenvalue weighted by molar-refractivity contribution is 6.29. The fourth-order valence-corrected chi connectivity index (χ4v) is 1.58. The minimum absolute atomic E-state index is 0.0185. The fraction of sp³-hybridized carbons (Fsp3) is 0.214. The van der Waals surface area contributed by atoms with E-state index in [1.54, 1.807) is 12.1 Å². The van der Waals surface area contributed by atoms with Gasteiger partial charge >= 0.3 is 12.1 Å². The van der Waals surface area contributed by atoms with Crippen molar-refractivity contribution in [3.63, 3.8) is 0 Å². The maximum atomic E-state index is 12.0. The first kappa shape index (κ1) is 17.0. The summed E-state index contributed by atoms with van der Waals surface area (Å²) < 4.78 is 45.4. The number of hydrogen-bond donors (Lipinski definition) is 0. The van der Waals surface area contributed by atoms with Crippen LogP contribution in [0.25, 0.3) is 0 Å². The molecular weight excluding hydrogens is 337 g/mol. The lowest BCUT2D eigenvalue weighted by atomic mass is 10.3. The van der Waals surface area contributed by atoms with Crippen LogP contribution >= 0.6 is 11.6 Å². The van der Waals surface area contributed by atoms with Crippen LogP contribution < -0.4 is 4.74 Å². The highest BCUT2D eigenvalue weighted by Gasteiger charge is 2.28. The van der Waals surface area contributed by atoms with Crippen LogP contribution in [0.4, 0.5) is 13.2 Å². The van der Waals surface area contributed by atoms with Crippen LogP contribution in [0.2, 0.25) is 5.15 Å². The Balaban J connectivity index is 1.88. The molecule has 0 saturated carbocycles. The van der Waals surface area contributed by atoms with Gasteiger partial charge in [0.2, 0.25) is 5.88 Å². The molecule has 0 N–H and O–H groups in total. The number of alkyl halides is 3. The second kappa shape index (κ2) is 7.28. The molecule has 0 saturated heterocycles. The Morgan fingerprint density at radius 3 is 2.48 bits per heavy atom. The Morgan fingerprint density at radius 2 is 1.91 bits per heavy atom. The van der Waals surface area contributed by atoms with Crippen LogP contribution in [0.5, 0.6) is 5.88 Å². The summed E-state index contributed by atoms with van der Waals surface area (Å²) in [5.74, 6) is -0.907. The lowest BCUT2D eigenvalue weighted by Gasteiger charge is -2.08. The predicted octanol–water partition coefficient (Wildman–Crippen LogP) is 3.43. The topological polar surface area (TPSA) is 61.3 Å². The summed E-state index contributed by atoms with van der Waals surface area (Å²) in [5, 5.41) is 0.318. The van der Waals surface area contributed by atoms with Crippen LogP contribution in [0.15, 0.2) is 36.7 Å². The Hall–Kier alpha value is -2.35. The number of carbonyl (C=O) groups excluding carboxylic acids is 1. The number of esters is 1. The number of halogens is 4. The smallest absolute Gasteiger partial charge is 0.422 e. The lowest BCUT2D eigenvalue weighted by molar-refractivity contribution is -0.154. The normalized spacial score (nSPS) is 11.1. The van der Waals surface area contributed by atoms with E-state index >= 15 is 0 Å². The van der Waals surface area contributed by atoms with Gasteiger partial charge in [0.15, 0.2) is 6.61 Å². The molecule has 0 atom stereocenters. The van der Waals surface area contributed by atoms with Crippen LogP contribution in [0.3, 0.4) is 0 Å². The molecule has 0 fully saturated rings. The maximum Gasteiger partial charge on any atom is 0.422 e. The zero-order chi connectivity index (χ0) is 16.9.